The third-order valence-electron chi connectivity index (χ3n) is 3.80. The maximum Gasteiger partial charge on any atom is 0.164 e. The van der Waals surface area contributed by atoms with Gasteiger partial charge in [-0.25, -0.2) is 14.6 Å². The Morgan fingerprint density at radius 1 is 1.17 bits per heavy atom. The smallest absolute Gasteiger partial charge is 0.164 e. The zero-order valence-electron chi connectivity index (χ0n) is 14.5. The fourth-order valence-corrected chi connectivity index (χ4v) is 2.67. The van der Waals surface area contributed by atoms with Crippen LogP contribution in [-0.2, 0) is 5.54 Å². The van der Waals surface area contributed by atoms with Crippen LogP contribution in [0.25, 0.3) is 22.3 Å². The average Bonchev–Trinajstić information content (AvgIpc) is 2.88. The van der Waals surface area contributed by atoms with E-state index < -0.39 is 0 Å². The summed E-state index contributed by atoms with van der Waals surface area (Å²) in [4.78, 5) is 8.53. The number of aryl methyl sites for hydroxylation is 1. The van der Waals surface area contributed by atoms with Crippen molar-refractivity contribution in [2.45, 2.75) is 33.2 Å². The van der Waals surface area contributed by atoms with E-state index in [1.807, 2.05) is 29.8 Å². The van der Waals surface area contributed by atoms with Crippen LogP contribution in [0.2, 0.25) is 0 Å². The molecule has 0 aliphatic carbocycles. The number of halogens is 1. The Labute approximate surface area is 147 Å². The standard InChI is InChI=1S/C17H21N5O.ClH/c1-10-8-11(6-7-12(10)23-5)14-13-15(18)19-9-20-16(13)22(21-14)17(2,3)4;/h6-9H,1-5H3,(H2,18,19,20);1H. The van der Waals surface area contributed by atoms with Crippen LogP contribution in [0.1, 0.15) is 26.3 Å². The number of methoxy groups -OCH3 is 1. The molecular formula is C17H22ClN5O. The molecule has 0 saturated carbocycles. The van der Waals surface area contributed by atoms with E-state index in [1.54, 1.807) is 7.11 Å². The number of ether oxygens (including phenoxy) is 1. The monoisotopic (exact) mass is 347 g/mol. The minimum atomic E-state index is -0.210. The summed E-state index contributed by atoms with van der Waals surface area (Å²) in [6, 6.07) is 5.96. The first kappa shape index (κ1) is 18.0. The molecule has 0 atom stereocenters. The molecule has 128 valence electrons. The molecule has 0 fully saturated rings. The lowest BCUT2D eigenvalue weighted by molar-refractivity contribution is 0.366. The van der Waals surface area contributed by atoms with E-state index in [-0.39, 0.29) is 17.9 Å². The molecule has 3 rings (SSSR count). The zero-order chi connectivity index (χ0) is 16.8. The van der Waals surface area contributed by atoms with Gasteiger partial charge in [0.2, 0.25) is 0 Å². The number of nitrogens with zero attached hydrogens (tertiary/aromatic N) is 4. The number of aromatic nitrogens is 4. The minimum Gasteiger partial charge on any atom is -0.496 e. The Kier molecular flexibility index (Phi) is 4.71. The summed E-state index contributed by atoms with van der Waals surface area (Å²) in [7, 11) is 1.66. The molecule has 1 aromatic carbocycles. The van der Waals surface area contributed by atoms with Gasteiger partial charge in [0, 0.05) is 5.56 Å². The number of benzene rings is 1. The number of rotatable bonds is 2. The Balaban J connectivity index is 0.00000208. The molecule has 2 aromatic heterocycles. The fourth-order valence-electron chi connectivity index (χ4n) is 2.67. The molecule has 7 heteroatoms. The van der Waals surface area contributed by atoms with Crippen LogP contribution in [0.5, 0.6) is 5.75 Å². The first-order valence-electron chi connectivity index (χ1n) is 7.47. The summed E-state index contributed by atoms with van der Waals surface area (Å²) in [6.07, 6.45) is 1.48. The van der Waals surface area contributed by atoms with Gasteiger partial charge in [-0.2, -0.15) is 5.10 Å². The molecule has 0 radical (unpaired) electrons. The molecule has 0 saturated heterocycles. The molecule has 2 N–H and O–H groups in total. The van der Waals surface area contributed by atoms with Gasteiger partial charge in [-0.3, -0.25) is 0 Å². The Morgan fingerprint density at radius 3 is 2.46 bits per heavy atom. The first-order valence-corrected chi connectivity index (χ1v) is 7.47. The maximum absolute atomic E-state index is 6.12. The Bertz CT molecular complexity index is 883. The van der Waals surface area contributed by atoms with Crippen molar-refractivity contribution in [3.05, 3.63) is 30.1 Å². The average molecular weight is 348 g/mol. The summed E-state index contributed by atoms with van der Waals surface area (Å²) >= 11 is 0. The van der Waals surface area contributed by atoms with Gasteiger partial charge in [0.1, 0.15) is 23.6 Å². The van der Waals surface area contributed by atoms with Crippen LogP contribution < -0.4 is 10.5 Å². The largest absolute Gasteiger partial charge is 0.496 e. The molecule has 6 nitrogen and oxygen atoms in total. The number of nitrogens with two attached hydrogens (primary N) is 1. The van der Waals surface area contributed by atoms with Crippen LogP contribution in [-0.4, -0.2) is 26.9 Å². The molecule has 0 spiro atoms. The predicted octanol–water partition coefficient (Wildman–Crippen LogP) is 3.57. The second-order valence-electron chi connectivity index (χ2n) is 6.57. The molecule has 24 heavy (non-hydrogen) atoms. The highest BCUT2D eigenvalue weighted by atomic mass is 35.5. The van der Waals surface area contributed by atoms with Crippen molar-refractivity contribution >= 4 is 29.3 Å². The predicted molar refractivity (Wildman–Crippen MR) is 98.7 cm³/mol. The van der Waals surface area contributed by atoms with E-state index in [0.717, 1.165) is 33.6 Å². The lowest BCUT2D eigenvalue weighted by Crippen LogP contribution is -2.23. The SMILES string of the molecule is COc1ccc(-c2nn(C(C)(C)C)c3ncnc(N)c23)cc1C.Cl. The van der Waals surface area contributed by atoms with Crippen LogP contribution in [0.4, 0.5) is 5.82 Å². The molecular weight excluding hydrogens is 326 g/mol. The number of nitrogen functional groups attached to an aromatic ring is 1. The number of hydrogen-bond acceptors (Lipinski definition) is 5. The summed E-state index contributed by atoms with van der Waals surface area (Å²) in [5, 5.41) is 5.57. The van der Waals surface area contributed by atoms with E-state index in [1.165, 1.54) is 6.33 Å². The normalized spacial score (nSPS) is 11.4. The Hall–Kier alpha value is -2.34. The second-order valence-corrected chi connectivity index (χ2v) is 6.57. The lowest BCUT2D eigenvalue weighted by atomic mass is 10.1. The van der Waals surface area contributed by atoms with E-state index in [9.17, 15) is 0 Å². The van der Waals surface area contributed by atoms with Gasteiger partial charge in [0.15, 0.2) is 5.65 Å². The van der Waals surface area contributed by atoms with Crippen LogP contribution in [0.15, 0.2) is 24.5 Å². The van der Waals surface area contributed by atoms with Crippen molar-refractivity contribution in [1.82, 2.24) is 19.7 Å². The fraction of sp³-hybridized carbons (Fsp3) is 0.353. The van der Waals surface area contributed by atoms with Gasteiger partial charge in [0.05, 0.1) is 18.0 Å². The number of anilines is 1. The van der Waals surface area contributed by atoms with Gasteiger partial charge in [0.25, 0.3) is 0 Å². The van der Waals surface area contributed by atoms with E-state index in [2.05, 4.69) is 30.7 Å². The highest BCUT2D eigenvalue weighted by Gasteiger charge is 2.24. The lowest BCUT2D eigenvalue weighted by Gasteiger charge is -2.19. The minimum absolute atomic E-state index is 0. The van der Waals surface area contributed by atoms with Gasteiger partial charge in [-0.05, 0) is 51.5 Å². The van der Waals surface area contributed by atoms with E-state index >= 15 is 0 Å². The molecule has 2 heterocycles. The van der Waals surface area contributed by atoms with Crippen molar-refractivity contribution in [3.63, 3.8) is 0 Å². The summed E-state index contributed by atoms with van der Waals surface area (Å²) < 4.78 is 7.23. The van der Waals surface area contributed by atoms with Crippen molar-refractivity contribution < 1.29 is 4.74 Å². The van der Waals surface area contributed by atoms with Crippen molar-refractivity contribution in [2.24, 2.45) is 0 Å². The van der Waals surface area contributed by atoms with E-state index in [4.69, 9.17) is 15.6 Å². The summed E-state index contributed by atoms with van der Waals surface area (Å²) in [6.45, 7) is 8.26. The van der Waals surface area contributed by atoms with Crippen molar-refractivity contribution in [2.75, 3.05) is 12.8 Å². The molecule has 0 aliphatic rings. The van der Waals surface area contributed by atoms with Crippen molar-refractivity contribution in [1.29, 1.82) is 0 Å². The molecule has 0 amide bonds. The highest BCUT2D eigenvalue weighted by molar-refractivity contribution is 5.98. The third-order valence-corrected chi connectivity index (χ3v) is 3.80. The highest BCUT2D eigenvalue weighted by Crippen LogP contribution is 2.34. The number of fused-ring (bicyclic) bond motifs is 1. The summed E-state index contributed by atoms with van der Waals surface area (Å²) in [5.74, 6) is 1.28. The first-order chi connectivity index (χ1) is 10.8. The van der Waals surface area contributed by atoms with Crippen LogP contribution in [0.3, 0.4) is 0 Å². The Morgan fingerprint density at radius 2 is 1.88 bits per heavy atom. The molecule has 0 aliphatic heterocycles. The zero-order valence-corrected chi connectivity index (χ0v) is 15.3. The molecule has 0 bridgehead atoms. The van der Waals surface area contributed by atoms with Gasteiger partial charge < -0.3 is 10.5 Å². The quantitative estimate of drug-likeness (QED) is 0.766. The molecule has 3 aromatic rings. The maximum atomic E-state index is 6.12. The van der Waals surface area contributed by atoms with Crippen LogP contribution in [0, 0.1) is 6.92 Å². The van der Waals surface area contributed by atoms with Crippen molar-refractivity contribution in [3.8, 4) is 17.0 Å². The number of hydrogen-bond donors (Lipinski definition) is 1. The summed E-state index contributed by atoms with van der Waals surface area (Å²) in [5.41, 5.74) is 9.45. The second kappa shape index (κ2) is 6.28. The van der Waals surface area contributed by atoms with Gasteiger partial charge >= 0.3 is 0 Å². The van der Waals surface area contributed by atoms with Crippen LogP contribution >= 0.6 is 12.4 Å². The van der Waals surface area contributed by atoms with Gasteiger partial charge in [-0.1, -0.05) is 0 Å². The van der Waals surface area contributed by atoms with E-state index in [0.29, 0.717) is 5.82 Å². The third kappa shape index (κ3) is 2.89. The molecule has 0 unspecified atom stereocenters. The topological polar surface area (TPSA) is 78.8 Å². The van der Waals surface area contributed by atoms with Gasteiger partial charge in [-0.15, -0.1) is 12.4 Å².